The zero-order valence-corrected chi connectivity index (χ0v) is 30.5. The highest BCUT2D eigenvalue weighted by Gasteiger charge is 2.28. The van der Waals surface area contributed by atoms with Crippen LogP contribution in [-0.2, 0) is 0 Å². The molecule has 0 unspecified atom stereocenters. The second-order valence-corrected chi connectivity index (χ2v) is 14.9. The van der Waals surface area contributed by atoms with E-state index in [0.29, 0.717) is 11.7 Å². The van der Waals surface area contributed by atoms with Crippen molar-refractivity contribution in [2.45, 2.75) is 0 Å². The quantitative estimate of drug-likeness (QED) is 0.182. The summed E-state index contributed by atoms with van der Waals surface area (Å²) < 4.78 is 11.4. The summed E-state index contributed by atoms with van der Waals surface area (Å²) in [5, 5.41) is 13.8. The van der Waals surface area contributed by atoms with Gasteiger partial charge in [0.2, 0.25) is 11.7 Å². The molecule has 4 aromatic heterocycles. The molecule has 0 amide bonds. The van der Waals surface area contributed by atoms with Gasteiger partial charge < -0.3 is 8.98 Å². The van der Waals surface area contributed by atoms with Crippen LogP contribution in [0.5, 0.6) is 0 Å². The lowest BCUT2D eigenvalue weighted by atomic mass is 9.96. The zero-order chi connectivity index (χ0) is 37.2. The Bertz CT molecular complexity index is 3810. The molecule has 0 N–H and O–H groups in total. The Morgan fingerprint density at radius 2 is 0.982 bits per heavy atom. The largest absolute Gasteiger partial charge is 0.437 e. The average Bonchev–Trinajstić information content (AvgIpc) is 3.95. The molecule has 5 heteroatoms. The SMILES string of the molecule is c1ccc(-n2c3ccc4ccccc4c3c3c4ccccc4c4c5ccccc5n(-c5nc(-c6cccc7ccccc67)c6c(n5)oc5ccccc56)c4c32)cc1. The Hall–Kier alpha value is -7.76. The summed E-state index contributed by atoms with van der Waals surface area (Å²) in [7, 11) is 0. The molecule has 5 nitrogen and oxygen atoms in total. The van der Waals surface area contributed by atoms with Gasteiger partial charge >= 0.3 is 0 Å². The van der Waals surface area contributed by atoms with E-state index in [0.717, 1.165) is 76.9 Å². The molecule has 0 spiro atoms. The number of benzene rings is 9. The van der Waals surface area contributed by atoms with Crippen molar-refractivity contribution in [3.8, 4) is 22.9 Å². The summed E-state index contributed by atoms with van der Waals surface area (Å²) in [6.45, 7) is 0. The maximum Gasteiger partial charge on any atom is 0.238 e. The molecule has 0 bridgehead atoms. The normalized spacial score (nSPS) is 12.2. The van der Waals surface area contributed by atoms with Crippen molar-refractivity contribution in [2.24, 2.45) is 0 Å². The number of rotatable bonds is 3. The van der Waals surface area contributed by atoms with Gasteiger partial charge in [0.15, 0.2) is 0 Å². The van der Waals surface area contributed by atoms with Crippen LogP contribution in [0, 0.1) is 0 Å². The summed E-state index contributed by atoms with van der Waals surface area (Å²) in [5.41, 5.74) is 8.64. The third-order valence-electron chi connectivity index (χ3n) is 11.9. The number of hydrogen-bond acceptors (Lipinski definition) is 3. The van der Waals surface area contributed by atoms with E-state index in [1.165, 1.54) is 32.3 Å². The molecule has 13 aromatic rings. The number of hydrogen-bond donors (Lipinski definition) is 0. The van der Waals surface area contributed by atoms with Gasteiger partial charge in [-0.25, -0.2) is 4.98 Å². The van der Waals surface area contributed by atoms with Crippen LogP contribution in [0.25, 0.3) is 121 Å². The molecule has 0 radical (unpaired) electrons. The van der Waals surface area contributed by atoms with Crippen LogP contribution in [0.1, 0.15) is 0 Å². The third-order valence-corrected chi connectivity index (χ3v) is 11.9. The predicted octanol–water partition coefficient (Wildman–Crippen LogP) is 13.7. The first kappa shape index (κ1) is 30.6. The van der Waals surface area contributed by atoms with Gasteiger partial charge in [-0.15, -0.1) is 0 Å². The number of nitrogens with zero attached hydrogens (tertiary/aromatic N) is 4. The molecule has 0 saturated heterocycles. The molecular formula is C52H30N4O. The van der Waals surface area contributed by atoms with E-state index in [4.69, 9.17) is 14.4 Å². The van der Waals surface area contributed by atoms with E-state index in [1.54, 1.807) is 0 Å². The standard InChI is InChI=1S/C52H30N4O/c1-2-18-33(19-3-1)55-42-30-29-32-16-5-7-21-35(32)45(42)46-37-23-9-8-22-36(37)44-39-24-10-12-27-41(39)56(49(44)50(46)55)52-53-48(38-26-14-17-31-15-4-6-20-34(31)38)47-40-25-11-13-28-43(40)57-51(47)54-52/h1-30H. The van der Waals surface area contributed by atoms with Crippen molar-refractivity contribution in [1.29, 1.82) is 0 Å². The van der Waals surface area contributed by atoms with E-state index in [2.05, 4.69) is 179 Å². The van der Waals surface area contributed by atoms with Gasteiger partial charge in [0, 0.05) is 38.2 Å². The molecule has 4 heterocycles. The second kappa shape index (κ2) is 11.4. The molecule has 0 fully saturated rings. The van der Waals surface area contributed by atoms with Crippen LogP contribution in [0.3, 0.4) is 0 Å². The highest BCUT2D eigenvalue weighted by molar-refractivity contribution is 6.39. The first-order valence-corrected chi connectivity index (χ1v) is 19.3. The van der Waals surface area contributed by atoms with Crippen LogP contribution in [0.4, 0.5) is 0 Å². The lowest BCUT2D eigenvalue weighted by Crippen LogP contribution is -2.04. The summed E-state index contributed by atoms with van der Waals surface area (Å²) >= 11 is 0. The lowest BCUT2D eigenvalue weighted by Gasteiger charge is -2.14. The molecule has 13 rings (SSSR count). The Morgan fingerprint density at radius 3 is 1.81 bits per heavy atom. The van der Waals surface area contributed by atoms with Gasteiger partial charge in [-0.3, -0.25) is 4.57 Å². The van der Waals surface area contributed by atoms with Gasteiger partial charge in [0.05, 0.1) is 33.1 Å². The van der Waals surface area contributed by atoms with Crippen LogP contribution in [0.2, 0.25) is 0 Å². The van der Waals surface area contributed by atoms with Crippen molar-refractivity contribution < 1.29 is 4.42 Å². The van der Waals surface area contributed by atoms with E-state index in [1.807, 2.05) is 12.1 Å². The summed E-state index contributed by atoms with van der Waals surface area (Å²) in [5.74, 6) is 0.557. The molecular weight excluding hydrogens is 697 g/mol. The van der Waals surface area contributed by atoms with E-state index < -0.39 is 0 Å². The Morgan fingerprint density at radius 1 is 0.368 bits per heavy atom. The zero-order valence-electron chi connectivity index (χ0n) is 30.5. The van der Waals surface area contributed by atoms with Crippen LogP contribution >= 0.6 is 0 Å². The van der Waals surface area contributed by atoms with Crippen molar-refractivity contribution in [3.05, 3.63) is 182 Å². The fourth-order valence-corrected chi connectivity index (χ4v) is 9.59. The minimum Gasteiger partial charge on any atom is -0.437 e. The Kier molecular flexibility index (Phi) is 6.10. The van der Waals surface area contributed by atoms with Crippen molar-refractivity contribution in [3.63, 3.8) is 0 Å². The predicted molar refractivity (Wildman–Crippen MR) is 236 cm³/mol. The summed E-state index contributed by atoms with van der Waals surface area (Å²) in [6, 6.07) is 64.7. The lowest BCUT2D eigenvalue weighted by molar-refractivity contribution is 0.651. The molecule has 0 atom stereocenters. The molecule has 0 aliphatic carbocycles. The maximum atomic E-state index is 6.67. The summed E-state index contributed by atoms with van der Waals surface area (Å²) in [4.78, 5) is 11.1. The van der Waals surface area contributed by atoms with E-state index in [-0.39, 0.29) is 0 Å². The second-order valence-electron chi connectivity index (χ2n) is 14.9. The highest BCUT2D eigenvalue weighted by atomic mass is 16.3. The highest BCUT2D eigenvalue weighted by Crippen LogP contribution is 2.48. The van der Waals surface area contributed by atoms with Crippen LogP contribution in [0.15, 0.2) is 186 Å². The smallest absolute Gasteiger partial charge is 0.238 e. The fourth-order valence-electron chi connectivity index (χ4n) is 9.59. The van der Waals surface area contributed by atoms with Gasteiger partial charge in [0.25, 0.3) is 0 Å². The first-order valence-electron chi connectivity index (χ1n) is 19.3. The number of furan rings is 1. The van der Waals surface area contributed by atoms with E-state index >= 15 is 0 Å². The minimum absolute atomic E-state index is 0.557. The van der Waals surface area contributed by atoms with Crippen molar-refractivity contribution in [1.82, 2.24) is 19.1 Å². The van der Waals surface area contributed by atoms with Gasteiger partial charge in [-0.05, 0) is 62.6 Å². The number of para-hydroxylation sites is 3. The molecule has 0 saturated carbocycles. The van der Waals surface area contributed by atoms with Gasteiger partial charge in [-0.2, -0.15) is 4.98 Å². The average molecular weight is 727 g/mol. The van der Waals surface area contributed by atoms with Crippen molar-refractivity contribution >= 4 is 98.0 Å². The minimum atomic E-state index is 0.557. The molecule has 57 heavy (non-hydrogen) atoms. The molecule has 264 valence electrons. The van der Waals surface area contributed by atoms with Crippen LogP contribution < -0.4 is 0 Å². The van der Waals surface area contributed by atoms with Gasteiger partial charge in [-0.1, -0.05) is 152 Å². The fraction of sp³-hybridized carbons (Fsp3) is 0. The Labute approximate surface area is 325 Å². The Balaban J connectivity index is 1.30. The van der Waals surface area contributed by atoms with Crippen LogP contribution in [-0.4, -0.2) is 19.1 Å². The number of aromatic nitrogens is 4. The molecule has 0 aliphatic rings. The monoisotopic (exact) mass is 726 g/mol. The first-order chi connectivity index (χ1) is 28.3. The topological polar surface area (TPSA) is 48.8 Å². The van der Waals surface area contributed by atoms with Crippen molar-refractivity contribution in [2.75, 3.05) is 0 Å². The summed E-state index contributed by atoms with van der Waals surface area (Å²) in [6.07, 6.45) is 0. The molecule has 0 aliphatic heterocycles. The maximum absolute atomic E-state index is 6.67. The molecule has 9 aromatic carbocycles. The third kappa shape index (κ3) is 4.12. The number of fused-ring (bicyclic) bond motifs is 16. The van der Waals surface area contributed by atoms with E-state index in [9.17, 15) is 0 Å². The van der Waals surface area contributed by atoms with Gasteiger partial charge in [0.1, 0.15) is 5.58 Å².